The molecule has 1 saturated carbocycles. The predicted molar refractivity (Wildman–Crippen MR) is 45.4 cm³/mol. The van der Waals surface area contributed by atoms with Gasteiger partial charge in [0, 0.05) is 5.92 Å². The summed E-state index contributed by atoms with van der Waals surface area (Å²) < 4.78 is 5.70. The van der Waals surface area contributed by atoms with Crippen molar-refractivity contribution < 1.29 is 4.74 Å². The summed E-state index contributed by atoms with van der Waals surface area (Å²) in [4.78, 5) is 0. The van der Waals surface area contributed by atoms with Crippen LogP contribution in [0, 0.1) is 11.3 Å². The molecule has 0 aromatic rings. The lowest BCUT2D eigenvalue weighted by atomic mass is 9.67. The summed E-state index contributed by atoms with van der Waals surface area (Å²) in [5.74, 6) is 0.626. The van der Waals surface area contributed by atoms with Crippen LogP contribution in [0.25, 0.3) is 0 Å². The average Bonchev–Trinajstić information content (AvgIpc) is 2.15. The van der Waals surface area contributed by atoms with Gasteiger partial charge in [-0.25, -0.2) is 0 Å². The first-order valence-electron chi connectivity index (χ1n) is 4.41. The van der Waals surface area contributed by atoms with Crippen LogP contribution < -0.4 is 0 Å². The Morgan fingerprint density at radius 1 is 1.55 bits per heavy atom. The van der Waals surface area contributed by atoms with Crippen molar-refractivity contribution >= 4 is 0 Å². The van der Waals surface area contributed by atoms with Gasteiger partial charge in [0.1, 0.15) is 0 Å². The van der Waals surface area contributed by atoms with Gasteiger partial charge < -0.3 is 4.74 Å². The van der Waals surface area contributed by atoms with E-state index in [0.717, 1.165) is 6.61 Å². The SMILES string of the molecule is C=C1CCC2OC[C@H]1C2(C)C. The van der Waals surface area contributed by atoms with Crippen LogP contribution in [0.5, 0.6) is 0 Å². The van der Waals surface area contributed by atoms with Crippen molar-refractivity contribution in [2.75, 3.05) is 6.61 Å². The van der Waals surface area contributed by atoms with E-state index in [-0.39, 0.29) is 0 Å². The van der Waals surface area contributed by atoms with E-state index in [1.54, 1.807) is 0 Å². The molecule has 1 aliphatic heterocycles. The highest BCUT2D eigenvalue weighted by molar-refractivity contribution is 5.15. The van der Waals surface area contributed by atoms with Crippen LogP contribution in [0.15, 0.2) is 12.2 Å². The van der Waals surface area contributed by atoms with Crippen LogP contribution in [0.3, 0.4) is 0 Å². The third-order valence-corrected chi connectivity index (χ3v) is 3.41. The topological polar surface area (TPSA) is 9.23 Å². The third kappa shape index (κ3) is 0.871. The molecule has 0 N–H and O–H groups in total. The zero-order valence-corrected chi connectivity index (χ0v) is 7.39. The zero-order valence-electron chi connectivity index (χ0n) is 7.39. The molecule has 0 aromatic carbocycles. The van der Waals surface area contributed by atoms with Gasteiger partial charge in [0.2, 0.25) is 0 Å². The molecule has 62 valence electrons. The first-order chi connectivity index (χ1) is 5.12. The average molecular weight is 152 g/mol. The maximum atomic E-state index is 5.70. The molecule has 2 fully saturated rings. The minimum absolute atomic E-state index is 0.356. The fourth-order valence-corrected chi connectivity index (χ4v) is 2.46. The van der Waals surface area contributed by atoms with Crippen molar-refractivity contribution in [1.82, 2.24) is 0 Å². The Labute approximate surface area is 68.4 Å². The smallest absolute Gasteiger partial charge is 0.0635 e. The Balaban J connectivity index is 2.31. The molecule has 11 heavy (non-hydrogen) atoms. The van der Waals surface area contributed by atoms with Crippen molar-refractivity contribution in [1.29, 1.82) is 0 Å². The molecule has 1 heteroatoms. The van der Waals surface area contributed by atoms with Crippen LogP contribution in [0.4, 0.5) is 0 Å². The van der Waals surface area contributed by atoms with Gasteiger partial charge in [-0.1, -0.05) is 26.0 Å². The highest BCUT2D eigenvalue weighted by Crippen LogP contribution is 2.49. The molecule has 1 aliphatic carbocycles. The molecule has 0 aromatic heterocycles. The number of rotatable bonds is 0. The summed E-state index contributed by atoms with van der Waals surface area (Å²) in [5.41, 5.74) is 1.76. The summed E-state index contributed by atoms with van der Waals surface area (Å²) in [7, 11) is 0. The third-order valence-electron chi connectivity index (χ3n) is 3.41. The lowest BCUT2D eigenvalue weighted by molar-refractivity contribution is 0.0528. The van der Waals surface area contributed by atoms with Gasteiger partial charge in [0.25, 0.3) is 0 Å². The monoisotopic (exact) mass is 152 g/mol. The van der Waals surface area contributed by atoms with E-state index in [1.165, 1.54) is 18.4 Å². The van der Waals surface area contributed by atoms with E-state index < -0.39 is 0 Å². The van der Waals surface area contributed by atoms with E-state index in [9.17, 15) is 0 Å². The Bertz CT molecular complexity index is 193. The van der Waals surface area contributed by atoms with Crippen molar-refractivity contribution in [3.63, 3.8) is 0 Å². The molecule has 2 atom stereocenters. The summed E-state index contributed by atoms with van der Waals surface area (Å²) >= 11 is 0. The molecule has 0 radical (unpaired) electrons. The van der Waals surface area contributed by atoms with Crippen LogP contribution in [0.1, 0.15) is 26.7 Å². The normalized spacial score (nSPS) is 41.1. The standard InChI is InChI=1S/C10H16O/c1-7-4-5-9-10(2,3)8(7)6-11-9/h8-9H,1,4-6H2,2-3H3/t8-,9?/m1/s1. The second-order valence-corrected chi connectivity index (χ2v) is 4.39. The van der Waals surface area contributed by atoms with Crippen molar-refractivity contribution in [2.45, 2.75) is 32.8 Å². The quantitative estimate of drug-likeness (QED) is 0.484. The van der Waals surface area contributed by atoms with Crippen molar-refractivity contribution in [3.05, 3.63) is 12.2 Å². The Morgan fingerprint density at radius 2 is 2.27 bits per heavy atom. The fourth-order valence-electron chi connectivity index (χ4n) is 2.46. The van der Waals surface area contributed by atoms with Crippen LogP contribution >= 0.6 is 0 Å². The molecule has 0 amide bonds. The van der Waals surface area contributed by atoms with Gasteiger partial charge >= 0.3 is 0 Å². The van der Waals surface area contributed by atoms with Crippen LogP contribution in [-0.4, -0.2) is 12.7 Å². The molecule has 1 heterocycles. The fraction of sp³-hybridized carbons (Fsp3) is 0.800. The van der Waals surface area contributed by atoms with E-state index in [0.29, 0.717) is 17.4 Å². The first kappa shape index (κ1) is 7.35. The second-order valence-electron chi connectivity index (χ2n) is 4.39. The summed E-state index contributed by atoms with van der Waals surface area (Å²) in [5, 5.41) is 0. The van der Waals surface area contributed by atoms with Crippen LogP contribution in [-0.2, 0) is 4.74 Å². The number of fused-ring (bicyclic) bond motifs is 2. The first-order valence-corrected chi connectivity index (χ1v) is 4.41. The largest absolute Gasteiger partial charge is 0.377 e. The lowest BCUT2D eigenvalue weighted by Crippen LogP contribution is -2.34. The molecule has 0 spiro atoms. The molecule has 2 rings (SSSR count). The van der Waals surface area contributed by atoms with Gasteiger partial charge in [-0.15, -0.1) is 0 Å². The van der Waals surface area contributed by atoms with Gasteiger partial charge in [-0.05, 0) is 18.3 Å². The molecular weight excluding hydrogens is 136 g/mol. The van der Waals surface area contributed by atoms with Gasteiger partial charge in [0.05, 0.1) is 12.7 Å². The molecule has 2 aliphatic rings. The minimum Gasteiger partial charge on any atom is -0.377 e. The van der Waals surface area contributed by atoms with Crippen LogP contribution in [0.2, 0.25) is 0 Å². The van der Waals surface area contributed by atoms with E-state index in [1.807, 2.05) is 0 Å². The zero-order chi connectivity index (χ0) is 8.06. The van der Waals surface area contributed by atoms with E-state index in [4.69, 9.17) is 4.74 Å². The highest BCUT2D eigenvalue weighted by Gasteiger charge is 2.47. The number of hydrogen-bond donors (Lipinski definition) is 0. The molecule has 1 nitrogen and oxygen atoms in total. The predicted octanol–water partition coefficient (Wildman–Crippen LogP) is 2.38. The van der Waals surface area contributed by atoms with E-state index in [2.05, 4.69) is 20.4 Å². The summed E-state index contributed by atoms with van der Waals surface area (Å²) in [6.45, 7) is 9.63. The minimum atomic E-state index is 0.356. The Kier molecular flexibility index (Phi) is 1.40. The molecular formula is C10H16O. The van der Waals surface area contributed by atoms with Gasteiger partial charge in [0.15, 0.2) is 0 Å². The Hall–Kier alpha value is -0.300. The summed E-state index contributed by atoms with van der Waals surface area (Å²) in [6, 6.07) is 0. The number of hydrogen-bond acceptors (Lipinski definition) is 1. The van der Waals surface area contributed by atoms with Crippen molar-refractivity contribution in [2.24, 2.45) is 11.3 Å². The molecule has 1 unspecified atom stereocenters. The van der Waals surface area contributed by atoms with Gasteiger partial charge in [-0.3, -0.25) is 0 Å². The van der Waals surface area contributed by atoms with E-state index >= 15 is 0 Å². The van der Waals surface area contributed by atoms with Crippen molar-refractivity contribution in [3.8, 4) is 0 Å². The maximum absolute atomic E-state index is 5.70. The maximum Gasteiger partial charge on any atom is 0.0635 e. The second kappa shape index (κ2) is 2.10. The van der Waals surface area contributed by atoms with Gasteiger partial charge in [-0.2, -0.15) is 0 Å². The molecule has 2 bridgehead atoms. The lowest BCUT2D eigenvalue weighted by Gasteiger charge is -2.36. The number of ether oxygens (including phenoxy) is 1. The Morgan fingerprint density at radius 3 is 2.91 bits per heavy atom. The summed E-state index contributed by atoms with van der Waals surface area (Å²) in [6.07, 6.45) is 2.86. The highest BCUT2D eigenvalue weighted by atomic mass is 16.5. The molecule has 1 saturated heterocycles.